The second-order valence-corrected chi connectivity index (χ2v) is 4.80. The average molecular weight is 226 g/mol. The molecule has 0 aromatic rings. The molecule has 1 rings (SSSR count). The van der Waals surface area contributed by atoms with Crippen LogP contribution in [0, 0.1) is 5.92 Å². The van der Waals surface area contributed by atoms with Gasteiger partial charge >= 0.3 is 6.03 Å². The van der Waals surface area contributed by atoms with Gasteiger partial charge in [-0.3, -0.25) is 0 Å². The Bertz CT molecular complexity index is 200. The molecule has 1 fully saturated rings. The Morgan fingerprint density at radius 2 is 2.00 bits per heavy atom. The van der Waals surface area contributed by atoms with E-state index in [1.165, 1.54) is 38.5 Å². The molecule has 1 heterocycles. The van der Waals surface area contributed by atoms with Crippen molar-refractivity contribution in [2.24, 2.45) is 5.92 Å². The molecule has 0 spiro atoms. The minimum atomic E-state index is 0.146. The Labute approximate surface area is 99.6 Å². The molecule has 1 atom stereocenters. The van der Waals surface area contributed by atoms with Crippen LogP contribution >= 0.6 is 0 Å². The van der Waals surface area contributed by atoms with Crippen LogP contribution in [0.1, 0.15) is 52.4 Å². The number of carbonyl (C=O) groups is 1. The summed E-state index contributed by atoms with van der Waals surface area (Å²) in [4.78, 5) is 13.7. The Morgan fingerprint density at radius 3 is 2.56 bits per heavy atom. The van der Waals surface area contributed by atoms with E-state index >= 15 is 0 Å². The molecule has 1 unspecified atom stereocenters. The maximum absolute atomic E-state index is 11.8. The maximum Gasteiger partial charge on any atom is 0.317 e. The first kappa shape index (κ1) is 13.3. The van der Waals surface area contributed by atoms with Gasteiger partial charge in [0.05, 0.1) is 0 Å². The second-order valence-electron chi connectivity index (χ2n) is 4.80. The first-order chi connectivity index (χ1) is 7.77. The number of likely N-dealkylation sites (tertiary alicyclic amines) is 1. The highest BCUT2D eigenvalue weighted by Gasteiger charge is 2.18. The van der Waals surface area contributed by atoms with E-state index in [0.717, 1.165) is 19.6 Å². The van der Waals surface area contributed by atoms with Crippen LogP contribution in [0.5, 0.6) is 0 Å². The Hall–Kier alpha value is -0.730. The van der Waals surface area contributed by atoms with Gasteiger partial charge in [-0.05, 0) is 25.2 Å². The molecule has 1 N–H and O–H groups in total. The molecule has 16 heavy (non-hydrogen) atoms. The van der Waals surface area contributed by atoms with Gasteiger partial charge < -0.3 is 10.2 Å². The number of rotatable bonds is 6. The summed E-state index contributed by atoms with van der Waals surface area (Å²) in [5, 5.41) is 3.07. The van der Waals surface area contributed by atoms with E-state index < -0.39 is 0 Å². The molecule has 3 heteroatoms. The highest BCUT2D eigenvalue weighted by atomic mass is 16.2. The van der Waals surface area contributed by atoms with Crippen LogP contribution in [-0.4, -0.2) is 30.6 Å². The highest BCUT2D eigenvalue weighted by molar-refractivity contribution is 5.74. The lowest BCUT2D eigenvalue weighted by Crippen LogP contribution is -2.40. The molecule has 2 amide bonds. The van der Waals surface area contributed by atoms with Crippen molar-refractivity contribution in [3.63, 3.8) is 0 Å². The van der Waals surface area contributed by atoms with E-state index in [0.29, 0.717) is 5.92 Å². The number of nitrogens with zero attached hydrogens (tertiary/aromatic N) is 1. The van der Waals surface area contributed by atoms with Crippen LogP contribution in [0.3, 0.4) is 0 Å². The molecule has 3 nitrogen and oxygen atoms in total. The van der Waals surface area contributed by atoms with E-state index in [9.17, 15) is 4.79 Å². The minimum absolute atomic E-state index is 0.146. The molecule has 0 aliphatic carbocycles. The lowest BCUT2D eigenvalue weighted by Gasteiger charge is -2.20. The van der Waals surface area contributed by atoms with Crippen molar-refractivity contribution in [2.75, 3.05) is 19.6 Å². The minimum Gasteiger partial charge on any atom is -0.338 e. The lowest BCUT2D eigenvalue weighted by molar-refractivity contribution is 0.206. The fourth-order valence-electron chi connectivity index (χ4n) is 2.21. The van der Waals surface area contributed by atoms with Crippen molar-refractivity contribution in [3.8, 4) is 0 Å². The molecule has 1 aliphatic heterocycles. The normalized spacial score (nSPS) is 17.5. The van der Waals surface area contributed by atoms with Gasteiger partial charge in [0, 0.05) is 19.6 Å². The summed E-state index contributed by atoms with van der Waals surface area (Å²) in [5.74, 6) is 0.659. The number of carbonyl (C=O) groups excluding carboxylic acids is 1. The first-order valence-electron chi connectivity index (χ1n) is 6.80. The van der Waals surface area contributed by atoms with Crippen LogP contribution in [-0.2, 0) is 0 Å². The average Bonchev–Trinajstić information content (AvgIpc) is 2.82. The Morgan fingerprint density at radius 1 is 1.31 bits per heavy atom. The standard InChI is InChI=1S/C13H26N2O/c1-3-5-8-12(4-2)11-14-13(16)15-9-6-7-10-15/h12H,3-11H2,1-2H3,(H,14,16). The number of unbranched alkanes of at least 4 members (excludes halogenated alkanes) is 1. The predicted molar refractivity (Wildman–Crippen MR) is 67.5 cm³/mol. The molecule has 0 aromatic heterocycles. The SMILES string of the molecule is CCCCC(CC)CNC(=O)N1CCCC1. The molecule has 1 aliphatic rings. The fraction of sp³-hybridized carbons (Fsp3) is 0.923. The fourth-order valence-corrected chi connectivity index (χ4v) is 2.21. The lowest BCUT2D eigenvalue weighted by atomic mass is 9.99. The summed E-state index contributed by atoms with van der Waals surface area (Å²) >= 11 is 0. The monoisotopic (exact) mass is 226 g/mol. The van der Waals surface area contributed by atoms with E-state index in [-0.39, 0.29) is 6.03 Å². The zero-order valence-corrected chi connectivity index (χ0v) is 10.8. The molecule has 94 valence electrons. The maximum atomic E-state index is 11.8. The zero-order chi connectivity index (χ0) is 11.8. The number of hydrogen-bond donors (Lipinski definition) is 1. The number of hydrogen-bond acceptors (Lipinski definition) is 1. The smallest absolute Gasteiger partial charge is 0.317 e. The number of urea groups is 1. The zero-order valence-electron chi connectivity index (χ0n) is 10.8. The predicted octanol–water partition coefficient (Wildman–Crippen LogP) is 3.01. The Balaban J connectivity index is 2.17. The van der Waals surface area contributed by atoms with Crippen LogP contribution in [0.25, 0.3) is 0 Å². The van der Waals surface area contributed by atoms with Gasteiger partial charge in [0.2, 0.25) is 0 Å². The van der Waals surface area contributed by atoms with Crippen LogP contribution in [0.15, 0.2) is 0 Å². The summed E-state index contributed by atoms with van der Waals surface area (Å²) in [5.41, 5.74) is 0. The van der Waals surface area contributed by atoms with Gasteiger partial charge in [-0.1, -0.05) is 33.1 Å². The van der Waals surface area contributed by atoms with Crippen molar-refractivity contribution in [3.05, 3.63) is 0 Å². The first-order valence-corrected chi connectivity index (χ1v) is 6.80. The summed E-state index contributed by atoms with van der Waals surface area (Å²) in [6.07, 6.45) is 7.27. The summed E-state index contributed by atoms with van der Waals surface area (Å²) in [6, 6.07) is 0.146. The van der Waals surface area contributed by atoms with Crippen molar-refractivity contribution >= 4 is 6.03 Å². The van der Waals surface area contributed by atoms with Gasteiger partial charge in [0.1, 0.15) is 0 Å². The van der Waals surface area contributed by atoms with E-state index in [1.807, 2.05) is 4.90 Å². The van der Waals surface area contributed by atoms with Crippen molar-refractivity contribution in [1.29, 1.82) is 0 Å². The quantitative estimate of drug-likeness (QED) is 0.742. The van der Waals surface area contributed by atoms with Gasteiger partial charge in [-0.2, -0.15) is 0 Å². The van der Waals surface area contributed by atoms with Gasteiger partial charge in [0.15, 0.2) is 0 Å². The molecule has 0 radical (unpaired) electrons. The molecule has 0 aromatic carbocycles. The molecule has 0 bridgehead atoms. The van der Waals surface area contributed by atoms with Gasteiger partial charge in [-0.15, -0.1) is 0 Å². The second kappa shape index (κ2) is 7.53. The third-order valence-corrected chi connectivity index (χ3v) is 3.48. The van der Waals surface area contributed by atoms with Gasteiger partial charge in [0.25, 0.3) is 0 Å². The molecule has 0 saturated carbocycles. The summed E-state index contributed by atoms with van der Waals surface area (Å²) < 4.78 is 0. The summed E-state index contributed by atoms with van der Waals surface area (Å²) in [6.45, 7) is 7.17. The van der Waals surface area contributed by atoms with Crippen LogP contribution in [0.2, 0.25) is 0 Å². The molecular formula is C13H26N2O. The topological polar surface area (TPSA) is 32.3 Å². The third kappa shape index (κ3) is 4.42. The van der Waals surface area contributed by atoms with Crippen molar-refractivity contribution in [1.82, 2.24) is 10.2 Å². The van der Waals surface area contributed by atoms with Crippen molar-refractivity contribution < 1.29 is 4.79 Å². The van der Waals surface area contributed by atoms with Crippen molar-refractivity contribution in [2.45, 2.75) is 52.4 Å². The van der Waals surface area contributed by atoms with E-state index in [4.69, 9.17) is 0 Å². The number of nitrogens with one attached hydrogen (secondary N) is 1. The van der Waals surface area contributed by atoms with Gasteiger partial charge in [-0.25, -0.2) is 4.79 Å². The molecular weight excluding hydrogens is 200 g/mol. The van der Waals surface area contributed by atoms with Crippen LogP contribution < -0.4 is 5.32 Å². The Kier molecular flexibility index (Phi) is 6.27. The molecule has 1 saturated heterocycles. The third-order valence-electron chi connectivity index (χ3n) is 3.48. The largest absolute Gasteiger partial charge is 0.338 e. The highest BCUT2D eigenvalue weighted by Crippen LogP contribution is 2.12. The van der Waals surface area contributed by atoms with E-state index in [1.54, 1.807) is 0 Å². The van der Waals surface area contributed by atoms with Crippen LogP contribution in [0.4, 0.5) is 4.79 Å². The van der Waals surface area contributed by atoms with E-state index in [2.05, 4.69) is 19.2 Å². The number of amides is 2. The summed E-state index contributed by atoms with van der Waals surface area (Å²) in [7, 11) is 0.